The third kappa shape index (κ3) is 4.50. The lowest BCUT2D eigenvalue weighted by molar-refractivity contribution is -0.0833. The van der Waals surface area contributed by atoms with Gasteiger partial charge in [0.1, 0.15) is 6.10 Å². The van der Waals surface area contributed by atoms with Crippen molar-refractivity contribution in [3.63, 3.8) is 0 Å². The summed E-state index contributed by atoms with van der Waals surface area (Å²) in [6.07, 6.45) is 0.0256. The van der Waals surface area contributed by atoms with Crippen LogP contribution in [0.4, 0.5) is 5.69 Å². The summed E-state index contributed by atoms with van der Waals surface area (Å²) in [7, 11) is 0. The molecule has 1 aromatic rings. The predicted octanol–water partition coefficient (Wildman–Crippen LogP) is 1.19. The number of guanidine groups is 1. The molecule has 2 aliphatic heterocycles. The van der Waals surface area contributed by atoms with Crippen molar-refractivity contribution in [1.29, 1.82) is 0 Å². The average molecular weight is 339 g/mol. The number of piperazine rings is 1. The van der Waals surface area contributed by atoms with Gasteiger partial charge in [0, 0.05) is 36.9 Å². The number of hydrogen-bond donors (Lipinski definition) is 1. The maximum Gasteiger partial charge on any atom is 0.191 e. The molecule has 0 amide bonds. The number of nitrogens with two attached hydrogens (primary N) is 1. The number of halogens is 1. The van der Waals surface area contributed by atoms with E-state index in [9.17, 15) is 0 Å². The molecule has 0 saturated carbocycles. The molecule has 6 nitrogen and oxygen atoms in total. The Morgan fingerprint density at radius 3 is 2.57 bits per heavy atom. The summed E-state index contributed by atoms with van der Waals surface area (Å²) in [5.74, 6) is 0.593. The van der Waals surface area contributed by atoms with E-state index in [1.165, 1.54) is 5.69 Å². The number of rotatable bonds is 3. The van der Waals surface area contributed by atoms with E-state index in [1.54, 1.807) is 0 Å². The van der Waals surface area contributed by atoms with Crippen LogP contribution in [0.1, 0.15) is 0 Å². The van der Waals surface area contributed by atoms with E-state index in [-0.39, 0.29) is 6.10 Å². The topological polar surface area (TPSA) is 63.3 Å². The zero-order valence-corrected chi connectivity index (χ0v) is 13.9. The minimum Gasteiger partial charge on any atom is -0.376 e. The van der Waals surface area contributed by atoms with Crippen LogP contribution in [0.3, 0.4) is 0 Å². The van der Waals surface area contributed by atoms with Gasteiger partial charge in [0.15, 0.2) is 5.96 Å². The second kappa shape index (κ2) is 7.86. The summed E-state index contributed by atoms with van der Waals surface area (Å²) < 4.78 is 10.9. The Bertz CT molecular complexity index is 523. The molecule has 3 rings (SSSR count). The molecular formula is C16H23ClN4O2. The Hall–Kier alpha value is -1.50. The molecule has 2 aliphatic rings. The fourth-order valence-corrected chi connectivity index (χ4v) is 2.91. The van der Waals surface area contributed by atoms with Gasteiger partial charge >= 0.3 is 0 Å². The quantitative estimate of drug-likeness (QED) is 0.662. The van der Waals surface area contributed by atoms with Gasteiger partial charge < -0.3 is 25.0 Å². The zero-order chi connectivity index (χ0) is 16.1. The van der Waals surface area contributed by atoms with E-state index in [0.717, 1.165) is 31.2 Å². The number of nitrogens with zero attached hydrogens (tertiary/aromatic N) is 3. The second-order valence-electron chi connectivity index (χ2n) is 5.72. The van der Waals surface area contributed by atoms with Crippen molar-refractivity contribution in [1.82, 2.24) is 4.90 Å². The third-order valence-electron chi connectivity index (χ3n) is 4.14. The van der Waals surface area contributed by atoms with Crippen LogP contribution in [0, 0.1) is 0 Å². The fraction of sp³-hybridized carbons (Fsp3) is 0.562. The van der Waals surface area contributed by atoms with E-state index in [2.05, 4.69) is 26.9 Å². The van der Waals surface area contributed by atoms with Gasteiger partial charge in [0.05, 0.1) is 26.4 Å². The van der Waals surface area contributed by atoms with Crippen LogP contribution >= 0.6 is 11.6 Å². The van der Waals surface area contributed by atoms with E-state index in [0.29, 0.717) is 32.3 Å². The Kier molecular flexibility index (Phi) is 5.59. The molecule has 1 atom stereocenters. The van der Waals surface area contributed by atoms with Crippen molar-refractivity contribution in [3.8, 4) is 0 Å². The number of aliphatic imine (C=N–C) groups is 1. The molecule has 0 aromatic heterocycles. The molecule has 0 radical (unpaired) electrons. The predicted molar refractivity (Wildman–Crippen MR) is 92.3 cm³/mol. The smallest absolute Gasteiger partial charge is 0.191 e. The molecule has 2 heterocycles. The number of ether oxygens (including phenoxy) is 2. The van der Waals surface area contributed by atoms with Crippen molar-refractivity contribution in [2.75, 3.05) is 57.4 Å². The first-order valence-corrected chi connectivity index (χ1v) is 8.35. The Labute approximate surface area is 141 Å². The van der Waals surface area contributed by atoms with Gasteiger partial charge in [0.2, 0.25) is 0 Å². The van der Waals surface area contributed by atoms with Crippen LogP contribution in [-0.4, -0.2) is 69.5 Å². The van der Waals surface area contributed by atoms with Crippen molar-refractivity contribution >= 4 is 23.2 Å². The molecule has 1 aromatic carbocycles. The Morgan fingerprint density at radius 2 is 1.91 bits per heavy atom. The molecule has 23 heavy (non-hydrogen) atoms. The maximum atomic E-state index is 6.11. The molecule has 126 valence electrons. The summed E-state index contributed by atoms with van der Waals surface area (Å²) in [4.78, 5) is 8.91. The molecule has 1 unspecified atom stereocenters. The summed E-state index contributed by atoms with van der Waals surface area (Å²) in [5, 5.41) is 0.762. The van der Waals surface area contributed by atoms with E-state index in [1.807, 2.05) is 12.1 Å². The molecule has 0 bridgehead atoms. The molecule has 0 aliphatic carbocycles. The number of hydrogen-bond acceptors (Lipinski definition) is 4. The van der Waals surface area contributed by atoms with Crippen molar-refractivity contribution in [3.05, 3.63) is 29.3 Å². The summed E-state index contributed by atoms with van der Waals surface area (Å²) in [6.45, 7) is 6.02. The number of anilines is 1. The lowest BCUT2D eigenvalue weighted by atomic mass is 10.2. The van der Waals surface area contributed by atoms with Gasteiger partial charge in [0.25, 0.3) is 0 Å². The highest BCUT2D eigenvalue weighted by Crippen LogP contribution is 2.19. The molecule has 2 N–H and O–H groups in total. The summed E-state index contributed by atoms with van der Waals surface area (Å²) in [5.41, 5.74) is 7.31. The van der Waals surface area contributed by atoms with Gasteiger partial charge in [-0.15, -0.1) is 0 Å². The highest BCUT2D eigenvalue weighted by atomic mass is 35.5. The summed E-state index contributed by atoms with van der Waals surface area (Å²) in [6, 6.07) is 7.95. The molecule has 7 heteroatoms. The van der Waals surface area contributed by atoms with E-state index >= 15 is 0 Å². The van der Waals surface area contributed by atoms with Gasteiger partial charge in [-0.2, -0.15) is 0 Å². The van der Waals surface area contributed by atoms with Crippen molar-refractivity contribution < 1.29 is 9.47 Å². The molecular weight excluding hydrogens is 316 g/mol. The fourth-order valence-electron chi connectivity index (χ4n) is 2.78. The van der Waals surface area contributed by atoms with Gasteiger partial charge in [-0.25, -0.2) is 0 Å². The van der Waals surface area contributed by atoms with E-state index in [4.69, 9.17) is 26.8 Å². The van der Waals surface area contributed by atoms with Crippen molar-refractivity contribution in [2.24, 2.45) is 10.7 Å². The standard InChI is InChI=1S/C16H23ClN4O2/c17-13-1-3-14(4-2-13)20-5-7-21(8-6-20)16(18)19-11-15-12-22-9-10-23-15/h1-4,15H,5-12H2,(H2,18,19). The first-order valence-electron chi connectivity index (χ1n) is 7.97. The normalized spacial score (nSPS) is 23.2. The Morgan fingerprint density at radius 1 is 1.17 bits per heavy atom. The average Bonchev–Trinajstić information content (AvgIpc) is 2.61. The van der Waals surface area contributed by atoms with Crippen molar-refractivity contribution in [2.45, 2.75) is 6.10 Å². The molecule has 2 saturated heterocycles. The highest BCUT2D eigenvalue weighted by Gasteiger charge is 2.19. The van der Waals surface area contributed by atoms with Crippen LogP contribution in [0.5, 0.6) is 0 Å². The first-order chi connectivity index (χ1) is 11.2. The van der Waals surface area contributed by atoms with Gasteiger partial charge in [-0.05, 0) is 24.3 Å². The van der Waals surface area contributed by atoms with Gasteiger partial charge in [-0.1, -0.05) is 11.6 Å². The van der Waals surface area contributed by atoms with E-state index < -0.39 is 0 Å². The largest absolute Gasteiger partial charge is 0.376 e. The maximum absolute atomic E-state index is 6.11. The Balaban J connectivity index is 1.48. The van der Waals surface area contributed by atoms with Crippen LogP contribution in [0.25, 0.3) is 0 Å². The molecule has 0 spiro atoms. The number of benzene rings is 1. The monoisotopic (exact) mass is 338 g/mol. The first kappa shape index (κ1) is 16.4. The second-order valence-corrected chi connectivity index (χ2v) is 6.15. The van der Waals surface area contributed by atoms with Crippen LogP contribution in [-0.2, 0) is 9.47 Å². The lowest BCUT2D eigenvalue weighted by Gasteiger charge is -2.36. The van der Waals surface area contributed by atoms with Crippen LogP contribution in [0.15, 0.2) is 29.3 Å². The SMILES string of the molecule is NC(=NCC1COCCO1)N1CCN(c2ccc(Cl)cc2)CC1. The summed E-state index contributed by atoms with van der Waals surface area (Å²) >= 11 is 5.94. The van der Waals surface area contributed by atoms with Crippen LogP contribution in [0.2, 0.25) is 5.02 Å². The van der Waals surface area contributed by atoms with Crippen LogP contribution < -0.4 is 10.6 Å². The zero-order valence-electron chi connectivity index (χ0n) is 13.2. The lowest BCUT2D eigenvalue weighted by Crippen LogP contribution is -2.51. The molecule has 2 fully saturated rings. The van der Waals surface area contributed by atoms with Gasteiger partial charge in [-0.3, -0.25) is 4.99 Å². The highest BCUT2D eigenvalue weighted by molar-refractivity contribution is 6.30. The minimum atomic E-state index is 0.0256. The minimum absolute atomic E-state index is 0.0256. The third-order valence-corrected chi connectivity index (χ3v) is 4.39.